The van der Waals surface area contributed by atoms with E-state index in [2.05, 4.69) is 29.4 Å². The van der Waals surface area contributed by atoms with E-state index in [9.17, 15) is 0 Å². The summed E-state index contributed by atoms with van der Waals surface area (Å²) < 4.78 is 11.5. The summed E-state index contributed by atoms with van der Waals surface area (Å²) in [6.07, 6.45) is 2.66. The van der Waals surface area contributed by atoms with Crippen molar-refractivity contribution in [2.75, 3.05) is 20.3 Å². The monoisotopic (exact) mass is 284 g/mol. The molecule has 110 valence electrons. The molecule has 1 N–H and O–H groups in total. The maximum Gasteiger partial charge on any atom is 0.166 e. The number of hydrogen-bond acceptors (Lipinski definition) is 4. The van der Waals surface area contributed by atoms with E-state index in [1.807, 2.05) is 31.4 Å². The first-order valence-electron chi connectivity index (χ1n) is 7.26. The Morgan fingerprint density at radius 2 is 2.05 bits per heavy atom. The van der Waals surface area contributed by atoms with Crippen molar-refractivity contribution in [3.05, 3.63) is 53.3 Å². The van der Waals surface area contributed by atoms with E-state index < -0.39 is 0 Å². The van der Waals surface area contributed by atoms with Gasteiger partial charge in [-0.3, -0.25) is 4.98 Å². The molecule has 3 rings (SSSR count). The van der Waals surface area contributed by atoms with E-state index >= 15 is 0 Å². The number of aryl methyl sites for hydroxylation is 1. The van der Waals surface area contributed by atoms with Gasteiger partial charge >= 0.3 is 0 Å². The van der Waals surface area contributed by atoms with E-state index in [0.717, 1.165) is 29.2 Å². The van der Waals surface area contributed by atoms with Crippen molar-refractivity contribution in [2.24, 2.45) is 0 Å². The van der Waals surface area contributed by atoms with Crippen LogP contribution in [0.3, 0.4) is 0 Å². The van der Waals surface area contributed by atoms with Crippen LogP contribution in [0.4, 0.5) is 0 Å². The van der Waals surface area contributed by atoms with E-state index in [1.165, 1.54) is 5.56 Å². The molecule has 1 aliphatic heterocycles. The van der Waals surface area contributed by atoms with Crippen LogP contribution in [0.15, 0.2) is 36.5 Å². The van der Waals surface area contributed by atoms with Crippen molar-refractivity contribution in [1.82, 2.24) is 10.3 Å². The highest BCUT2D eigenvalue weighted by Crippen LogP contribution is 2.37. The Labute approximate surface area is 125 Å². The van der Waals surface area contributed by atoms with E-state index in [0.29, 0.717) is 13.2 Å². The van der Waals surface area contributed by atoms with E-state index in [4.69, 9.17) is 9.47 Å². The molecule has 4 heteroatoms. The molecule has 21 heavy (non-hydrogen) atoms. The maximum atomic E-state index is 5.82. The summed E-state index contributed by atoms with van der Waals surface area (Å²) in [7, 11) is 1.96. The second kappa shape index (κ2) is 6.14. The Bertz CT molecular complexity index is 628. The van der Waals surface area contributed by atoms with Gasteiger partial charge < -0.3 is 14.8 Å². The molecule has 0 spiro atoms. The molecule has 0 radical (unpaired) electrons. The molecular formula is C17H20N2O2. The van der Waals surface area contributed by atoms with Crippen molar-refractivity contribution in [3.63, 3.8) is 0 Å². The van der Waals surface area contributed by atoms with Crippen molar-refractivity contribution in [2.45, 2.75) is 19.4 Å². The van der Waals surface area contributed by atoms with Gasteiger partial charge in [-0.05, 0) is 31.7 Å². The highest BCUT2D eigenvalue weighted by molar-refractivity contribution is 5.49. The van der Waals surface area contributed by atoms with E-state index in [-0.39, 0.29) is 6.04 Å². The largest absolute Gasteiger partial charge is 0.486 e. The van der Waals surface area contributed by atoms with Crippen LogP contribution >= 0.6 is 0 Å². The fourth-order valence-corrected chi connectivity index (χ4v) is 2.66. The average molecular weight is 284 g/mol. The molecule has 4 nitrogen and oxygen atoms in total. The number of ether oxygens (including phenoxy) is 2. The zero-order valence-electron chi connectivity index (χ0n) is 12.4. The van der Waals surface area contributed by atoms with Crippen molar-refractivity contribution in [3.8, 4) is 11.5 Å². The molecule has 1 aromatic carbocycles. The molecule has 0 bridgehead atoms. The fraction of sp³-hybridized carbons (Fsp3) is 0.353. The van der Waals surface area contributed by atoms with Crippen LogP contribution in [0.2, 0.25) is 0 Å². The topological polar surface area (TPSA) is 43.4 Å². The van der Waals surface area contributed by atoms with Crippen LogP contribution in [-0.4, -0.2) is 25.2 Å². The standard InChI is InChI=1S/C17H20N2O2/c1-12-5-4-8-19-14(12)11-15(18-2)13-6-3-7-16-17(13)21-10-9-20-16/h3-8,15,18H,9-11H2,1-2H3. The summed E-state index contributed by atoms with van der Waals surface area (Å²) in [6, 6.07) is 10.3. The Kier molecular flexibility index (Phi) is 4.06. The SMILES string of the molecule is CNC(Cc1ncccc1C)c1cccc2c1OCCO2. The van der Waals surface area contributed by atoms with Gasteiger partial charge in [0.25, 0.3) is 0 Å². The number of rotatable bonds is 4. The quantitative estimate of drug-likeness (QED) is 0.937. The molecule has 0 aliphatic carbocycles. The van der Waals surface area contributed by atoms with Crippen molar-refractivity contribution in [1.29, 1.82) is 0 Å². The first kappa shape index (κ1) is 13.9. The second-order valence-corrected chi connectivity index (χ2v) is 5.18. The molecule has 0 saturated heterocycles. The fourth-order valence-electron chi connectivity index (χ4n) is 2.66. The maximum absolute atomic E-state index is 5.82. The van der Waals surface area contributed by atoms with Crippen LogP contribution in [0, 0.1) is 6.92 Å². The first-order valence-corrected chi connectivity index (χ1v) is 7.26. The number of fused-ring (bicyclic) bond motifs is 1. The summed E-state index contributed by atoms with van der Waals surface area (Å²) in [5, 5.41) is 3.37. The van der Waals surface area contributed by atoms with Crippen LogP contribution < -0.4 is 14.8 Å². The Hall–Kier alpha value is -2.07. The summed E-state index contributed by atoms with van der Waals surface area (Å²) >= 11 is 0. The minimum atomic E-state index is 0.148. The zero-order valence-corrected chi connectivity index (χ0v) is 12.4. The average Bonchev–Trinajstić information content (AvgIpc) is 2.54. The molecular weight excluding hydrogens is 264 g/mol. The van der Waals surface area contributed by atoms with Crippen molar-refractivity contribution < 1.29 is 9.47 Å². The highest BCUT2D eigenvalue weighted by Gasteiger charge is 2.22. The third kappa shape index (κ3) is 2.85. The van der Waals surface area contributed by atoms with Gasteiger partial charge in [0.05, 0.1) is 0 Å². The van der Waals surface area contributed by atoms with Crippen LogP contribution in [-0.2, 0) is 6.42 Å². The van der Waals surface area contributed by atoms with Crippen LogP contribution in [0.1, 0.15) is 22.9 Å². The van der Waals surface area contributed by atoms with Gasteiger partial charge in [-0.1, -0.05) is 18.2 Å². The minimum Gasteiger partial charge on any atom is -0.486 e. The number of aromatic nitrogens is 1. The Morgan fingerprint density at radius 1 is 1.19 bits per heavy atom. The summed E-state index contributed by atoms with van der Waals surface area (Å²) in [4.78, 5) is 4.49. The van der Waals surface area contributed by atoms with E-state index in [1.54, 1.807) is 0 Å². The van der Waals surface area contributed by atoms with Crippen LogP contribution in [0.5, 0.6) is 11.5 Å². The molecule has 0 amide bonds. The third-order valence-electron chi connectivity index (χ3n) is 3.84. The predicted molar refractivity (Wildman–Crippen MR) is 81.9 cm³/mol. The number of benzene rings is 1. The van der Waals surface area contributed by atoms with Gasteiger partial charge in [-0.2, -0.15) is 0 Å². The first-order chi connectivity index (χ1) is 10.3. The Morgan fingerprint density at radius 3 is 2.86 bits per heavy atom. The van der Waals surface area contributed by atoms with Gasteiger partial charge in [-0.25, -0.2) is 0 Å². The number of hydrogen-bond donors (Lipinski definition) is 1. The number of likely N-dealkylation sites (N-methyl/N-ethyl adjacent to an activating group) is 1. The lowest BCUT2D eigenvalue weighted by Gasteiger charge is -2.25. The van der Waals surface area contributed by atoms with Crippen LogP contribution in [0.25, 0.3) is 0 Å². The Balaban J connectivity index is 1.92. The minimum absolute atomic E-state index is 0.148. The van der Waals surface area contributed by atoms with Gasteiger partial charge in [0.15, 0.2) is 11.5 Å². The molecule has 0 fully saturated rings. The highest BCUT2D eigenvalue weighted by atomic mass is 16.6. The normalized spacial score (nSPS) is 14.8. The molecule has 1 atom stereocenters. The van der Waals surface area contributed by atoms with Gasteiger partial charge in [0.2, 0.25) is 0 Å². The second-order valence-electron chi connectivity index (χ2n) is 5.18. The third-order valence-corrected chi connectivity index (χ3v) is 3.84. The molecule has 1 aromatic heterocycles. The lowest BCUT2D eigenvalue weighted by atomic mass is 9.98. The number of nitrogens with one attached hydrogen (secondary N) is 1. The van der Waals surface area contributed by atoms with Gasteiger partial charge in [0.1, 0.15) is 13.2 Å². The lowest BCUT2D eigenvalue weighted by molar-refractivity contribution is 0.168. The lowest BCUT2D eigenvalue weighted by Crippen LogP contribution is -2.23. The predicted octanol–water partition coefficient (Wildman–Crippen LogP) is 2.66. The molecule has 1 aliphatic rings. The smallest absolute Gasteiger partial charge is 0.166 e. The molecule has 2 aromatic rings. The molecule has 1 unspecified atom stereocenters. The zero-order chi connectivity index (χ0) is 14.7. The number of pyridine rings is 1. The molecule has 0 saturated carbocycles. The van der Waals surface area contributed by atoms with Gasteiger partial charge in [-0.15, -0.1) is 0 Å². The summed E-state index contributed by atoms with van der Waals surface area (Å²) in [6.45, 7) is 3.30. The number of nitrogens with zero attached hydrogens (tertiary/aromatic N) is 1. The summed E-state index contributed by atoms with van der Waals surface area (Å²) in [5.41, 5.74) is 3.44. The molecule has 2 heterocycles. The van der Waals surface area contributed by atoms with Crippen molar-refractivity contribution >= 4 is 0 Å². The number of para-hydroxylation sites is 1. The summed E-state index contributed by atoms with van der Waals surface area (Å²) in [5.74, 6) is 1.69. The van der Waals surface area contributed by atoms with Gasteiger partial charge in [0, 0.05) is 29.9 Å².